The van der Waals surface area contributed by atoms with Crippen molar-refractivity contribution in [2.24, 2.45) is 0 Å². The Balaban J connectivity index is 0.975. The maximum Gasteiger partial charge on any atom is 0.160 e. The molecule has 65 heavy (non-hydrogen) atoms. The fourth-order valence-corrected chi connectivity index (χ4v) is 10.3. The predicted molar refractivity (Wildman–Crippen MR) is 273 cm³/mol. The van der Waals surface area contributed by atoms with Crippen molar-refractivity contribution in [2.45, 2.75) is 19.3 Å². The fraction of sp³-hybridized carbons (Fsp3) is 0.0476. The van der Waals surface area contributed by atoms with E-state index in [1.54, 1.807) is 0 Å². The van der Waals surface area contributed by atoms with Gasteiger partial charge in [0.2, 0.25) is 0 Å². The molecule has 0 bridgehead atoms. The molecule has 1 aliphatic rings. The lowest BCUT2D eigenvalue weighted by molar-refractivity contribution is 0.661. The number of aromatic nitrogens is 2. The standard InChI is InChI=1S/C63H44N2/c1-63(2)57-31-17-30-55(61(57)56-38-45-22-9-10-23-46(45)39-58(56)63)52-37-36-49(50-26-13-14-27-51(50)52)43-32-34-44(35-33-43)62-64-59(53-28-15-11-24-47(53)41-18-5-3-6-19-41)40-60(65-62)54-29-16-12-25-48(54)42-20-7-4-8-21-42/h3-40H,1-2H3. The molecule has 0 amide bonds. The summed E-state index contributed by atoms with van der Waals surface area (Å²) in [6.07, 6.45) is 0. The van der Waals surface area contributed by atoms with Gasteiger partial charge in [-0.1, -0.05) is 226 Å². The Morgan fingerprint density at radius 2 is 0.754 bits per heavy atom. The molecule has 12 rings (SSSR count). The van der Waals surface area contributed by atoms with Gasteiger partial charge in [-0.3, -0.25) is 0 Å². The summed E-state index contributed by atoms with van der Waals surface area (Å²) in [5.41, 5.74) is 19.6. The summed E-state index contributed by atoms with van der Waals surface area (Å²) in [7, 11) is 0. The molecule has 0 saturated heterocycles. The van der Waals surface area contributed by atoms with Crippen LogP contribution in [0.1, 0.15) is 25.0 Å². The summed E-state index contributed by atoms with van der Waals surface area (Å²) in [5, 5.41) is 5.03. The lowest BCUT2D eigenvalue weighted by Crippen LogP contribution is -2.14. The first-order chi connectivity index (χ1) is 32.0. The molecule has 1 aliphatic carbocycles. The fourth-order valence-electron chi connectivity index (χ4n) is 10.3. The Morgan fingerprint density at radius 3 is 1.37 bits per heavy atom. The van der Waals surface area contributed by atoms with Crippen LogP contribution in [0.3, 0.4) is 0 Å². The molecule has 11 aromatic rings. The molecular formula is C63H44N2. The highest BCUT2D eigenvalue weighted by atomic mass is 14.9. The van der Waals surface area contributed by atoms with Gasteiger partial charge in [0.25, 0.3) is 0 Å². The van der Waals surface area contributed by atoms with Crippen LogP contribution in [-0.2, 0) is 5.41 Å². The molecule has 306 valence electrons. The maximum absolute atomic E-state index is 5.35. The van der Waals surface area contributed by atoms with E-state index in [9.17, 15) is 0 Å². The molecule has 1 heterocycles. The zero-order valence-corrected chi connectivity index (χ0v) is 36.3. The van der Waals surface area contributed by atoms with Crippen LogP contribution in [0.4, 0.5) is 0 Å². The second-order valence-electron chi connectivity index (χ2n) is 17.7. The van der Waals surface area contributed by atoms with Gasteiger partial charge in [-0.25, -0.2) is 9.97 Å². The van der Waals surface area contributed by atoms with Crippen molar-refractivity contribution >= 4 is 21.5 Å². The van der Waals surface area contributed by atoms with Crippen LogP contribution in [0.25, 0.3) is 111 Å². The summed E-state index contributed by atoms with van der Waals surface area (Å²) in [6, 6.07) is 83.2. The topological polar surface area (TPSA) is 25.8 Å². The summed E-state index contributed by atoms with van der Waals surface area (Å²) >= 11 is 0. The number of hydrogen-bond acceptors (Lipinski definition) is 2. The van der Waals surface area contributed by atoms with Crippen molar-refractivity contribution in [3.8, 4) is 89.5 Å². The van der Waals surface area contributed by atoms with Gasteiger partial charge in [-0.05, 0) is 107 Å². The summed E-state index contributed by atoms with van der Waals surface area (Å²) in [6.45, 7) is 4.74. The number of rotatable bonds is 7. The highest BCUT2D eigenvalue weighted by Crippen LogP contribution is 2.54. The quantitative estimate of drug-likeness (QED) is 0.160. The molecule has 10 aromatic carbocycles. The van der Waals surface area contributed by atoms with Crippen LogP contribution in [0.5, 0.6) is 0 Å². The van der Waals surface area contributed by atoms with Gasteiger partial charge in [0, 0.05) is 22.1 Å². The van der Waals surface area contributed by atoms with Crippen LogP contribution < -0.4 is 0 Å². The molecule has 0 unspecified atom stereocenters. The molecule has 0 fully saturated rings. The lowest BCUT2D eigenvalue weighted by atomic mass is 9.81. The van der Waals surface area contributed by atoms with Crippen molar-refractivity contribution in [3.05, 3.63) is 242 Å². The number of hydrogen-bond donors (Lipinski definition) is 0. The third kappa shape index (κ3) is 6.57. The first kappa shape index (κ1) is 38.5. The average Bonchev–Trinajstić information content (AvgIpc) is 3.60. The Labute approximate surface area is 380 Å². The van der Waals surface area contributed by atoms with Crippen molar-refractivity contribution in [2.75, 3.05) is 0 Å². The molecule has 0 radical (unpaired) electrons. The van der Waals surface area contributed by atoms with Gasteiger partial charge in [-0.2, -0.15) is 0 Å². The van der Waals surface area contributed by atoms with E-state index in [1.165, 1.54) is 60.5 Å². The van der Waals surface area contributed by atoms with E-state index in [0.29, 0.717) is 5.82 Å². The van der Waals surface area contributed by atoms with Gasteiger partial charge in [0.1, 0.15) is 0 Å². The normalized spacial score (nSPS) is 12.6. The van der Waals surface area contributed by atoms with E-state index < -0.39 is 0 Å². The van der Waals surface area contributed by atoms with Crippen LogP contribution in [0.2, 0.25) is 0 Å². The summed E-state index contributed by atoms with van der Waals surface area (Å²) < 4.78 is 0. The zero-order valence-electron chi connectivity index (χ0n) is 36.3. The number of fused-ring (bicyclic) bond motifs is 5. The summed E-state index contributed by atoms with van der Waals surface area (Å²) in [4.78, 5) is 10.7. The predicted octanol–water partition coefficient (Wildman–Crippen LogP) is 16.8. The first-order valence-corrected chi connectivity index (χ1v) is 22.5. The molecule has 2 heteroatoms. The second-order valence-corrected chi connectivity index (χ2v) is 17.7. The number of benzene rings is 10. The lowest BCUT2D eigenvalue weighted by Gasteiger charge is -2.22. The van der Waals surface area contributed by atoms with E-state index in [0.717, 1.165) is 55.9 Å². The highest BCUT2D eigenvalue weighted by Gasteiger charge is 2.37. The molecular weight excluding hydrogens is 785 g/mol. The zero-order chi connectivity index (χ0) is 43.5. The minimum absolute atomic E-state index is 0.108. The van der Waals surface area contributed by atoms with Gasteiger partial charge >= 0.3 is 0 Å². The van der Waals surface area contributed by atoms with Crippen LogP contribution in [-0.4, -0.2) is 9.97 Å². The Morgan fingerprint density at radius 1 is 0.292 bits per heavy atom. The summed E-state index contributed by atoms with van der Waals surface area (Å²) in [5.74, 6) is 0.684. The monoisotopic (exact) mass is 828 g/mol. The van der Waals surface area contributed by atoms with Gasteiger partial charge in [0.05, 0.1) is 11.4 Å². The van der Waals surface area contributed by atoms with Crippen molar-refractivity contribution in [1.82, 2.24) is 9.97 Å². The van der Waals surface area contributed by atoms with Crippen molar-refractivity contribution < 1.29 is 0 Å². The van der Waals surface area contributed by atoms with E-state index in [-0.39, 0.29) is 5.41 Å². The average molecular weight is 829 g/mol. The van der Waals surface area contributed by atoms with E-state index >= 15 is 0 Å². The third-order valence-corrected chi connectivity index (χ3v) is 13.5. The molecule has 0 saturated carbocycles. The molecule has 1 aromatic heterocycles. The van der Waals surface area contributed by atoms with Gasteiger partial charge in [-0.15, -0.1) is 0 Å². The SMILES string of the molecule is CC1(C)c2cc3ccccc3cc2-c2c(-c3ccc(-c4ccc(-c5nc(-c6ccccc6-c6ccccc6)cc(-c6ccccc6-c6ccccc6)n5)cc4)c4ccccc34)cccc21. The van der Waals surface area contributed by atoms with E-state index in [2.05, 4.69) is 244 Å². The van der Waals surface area contributed by atoms with Gasteiger partial charge < -0.3 is 0 Å². The van der Waals surface area contributed by atoms with Crippen molar-refractivity contribution in [3.63, 3.8) is 0 Å². The molecule has 0 spiro atoms. The first-order valence-electron chi connectivity index (χ1n) is 22.5. The second kappa shape index (κ2) is 15.6. The van der Waals surface area contributed by atoms with Crippen molar-refractivity contribution in [1.29, 1.82) is 0 Å². The molecule has 0 N–H and O–H groups in total. The molecule has 0 aliphatic heterocycles. The maximum atomic E-state index is 5.35. The highest BCUT2D eigenvalue weighted by molar-refractivity contribution is 6.09. The van der Waals surface area contributed by atoms with Crippen LogP contribution in [0.15, 0.2) is 231 Å². The largest absolute Gasteiger partial charge is 0.228 e. The molecule has 0 atom stereocenters. The third-order valence-electron chi connectivity index (χ3n) is 13.5. The van der Waals surface area contributed by atoms with Gasteiger partial charge in [0.15, 0.2) is 5.82 Å². The van der Waals surface area contributed by atoms with Crippen LogP contribution in [0, 0.1) is 0 Å². The smallest absolute Gasteiger partial charge is 0.160 e. The Hall–Kier alpha value is -8.20. The van der Waals surface area contributed by atoms with Crippen LogP contribution >= 0.6 is 0 Å². The van der Waals surface area contributed by atoms with E-state index in [1.807, 2.05) is 0 Å². The minimum atomic E-state index is -0.108. The Kier molecular flexibility index (Phi) is 9.21. The van der Waals surface area contributed by atoms with E-state index in [4.69, 9.17) is 9.97 Å². The molecule has 2 nitrogen and oxygen atoms in total. The Bertz CT molecular complexity index is 3500. The number of nitrogens with zero attached hydrogens (tertiary/aromatic N) is 2. The minimum Gasteiger partial charge on any atom is -0.228 e.